The van der Waals surface area contributed by atoms with E-state index >= 15 is 0 Å². The SMILES string of the molecule is Cc1ccc(S(=O)(=O)N2CCN(/C(=N\C#N)Nc3ccccc3C)CC2c2ccccc2)s1. The number of piperazine rings is 1. The van der Waals surface area contributed by atoms with Gasteiger partial charge in [-0.2, -0.15) is 9.57 Å². The van der Waals surface area contributed by atoms with Crippen LogP contribution in [0.15, 0.2) is 75.9 Å². The molecule has 2 aromatic carbocycles. The van der Waals surface area contributed by atoms with Crippen molar-refractivity contribution >= 4 is 33.0 Å². The minimum atomic E-state index is -3.67. The van der Waals surface area contributed by atoms with Crippen molar-refractivity contribution in [3.05, 3.63) is 82.7 Å². The molecule has 1 fully saturated rings. The molecule has 1 aromatic heterocycles. The number of benzene rings is 2. The van der Waals surface area contributed by atoms with E-state index in [1.165, 1.54) is 11.3 Å². The molecule has 0 radical (unpaired) electrons. The van der Waals surface area contributed by atoms with Crippen LogP contribution in [0.2, 0.25) is 0 Å². The molecule has 1 aliphatic heterocycles. The average molecular weight is 480 g/mol. The predicted molar refractivity (Wildman–Crippen MR) is 132 cm³/mol. The molecule has 3 aromatic rings. The molecule has 4 rings (SSSR count). The number of rotatable bonds is 4. The molecule has 2 heterocycles. The normalized spacial score (nSPS) is 17.5. The number of sulfonamides is 1. The maximum Gasteiger partial charge on any atom is 0.253 e. The standard InChI is InChI=1S/C24H25N5O2S2/c1-18-8-6-7-11-21(18)27-24(26-17-25)28-14-15-29(22(16-28)20-9-4-3-5-10-20)33(30,31)23-13-12-19(2)32-23/h3-13,22H,14-16H2,1-2H3,(H,26,27). The molecule has 1 unspecified atom stereocenters. The first-order chi connectivity index (χ1) is 15.9. The topological polar surface area (TPSA) is 88.8 Å². The van der Waals surface area contributed by atoms with E-state index in [0.717, 1.165) is 21.7 Å². The molecule has 1 atom stereocenters. The van der Waals surface area contributed by atoms with Crippen LogP contribution in [0, 0.1) is 25.3 Å². The van der Waals surface area contributed by atoms with Gasteiger partial charge in [0.2, 0.25) is 12.2 Å². The number of nitrogens with zero attached hydrogens (tertiary/aromatic N) is 4. The Morgan fingerprint density at radius 2 is 1.79 bits per heavy atom. The molecule has 7 nitrogen and oxygen atoms in total. The lowest BCUT2D eigenvalue weighted by Crippen LogP contribution is -2.53. The van der Waals surface area contributed by atoms with Crippen LogP contribution in [0.3, 0.4) is 0 Å². The summed E-state index contributed by atoms with van der Waals surface area (Å²) in [7, 11) is -3.67. The van der Waals surface area contributed by atoms with Gasteiger partial charge in [0.1, 0.15) is 4.21 Å². The first-order valence-corrected chi connectivity index (χ1v) is 12.8. The third kappa shape index (κ3) is 4.93. The van der Waals surface area contributed by atoms with Gasteiger partial charge in [0.15, 0.2) is 0 Å². The Labute approximate surface area is 198 Å². The highest BCUT2D eigenvalue weighted by atomic mass is 32.2. The van der Waals surface area contributed by atoms with Crippen LogP contribution in [-0.4, -0.2) is 43.2 Å². The van der Waals surface area contributed by atoms with E-state index in [-0.39, 0.29) is 6.54 Å². The van der Waals surface area contributed by atoms with Gasteiger partial charge in [0.25, 0.3) is 10.0 Å². The summed E-state index contributed by atoms with van der Waals surface area (Å²) in [4.78, 5) is 6.93. The van der Waals surface area contributed by atoms with E-state index in [4.69, 9.17) is 0 Å². The van der Waals surface area contributed by atoms with Gasteiger partial charge in [-0.05, 0) is 43.2 Å². The second-order valence-electron chi connectivity index (χ2n) is 7.83. The summed E-state index contributed by atoms with van der Waals surface area (Å²) < 4.78 is 29.0. The van der Waals surface area contributed by atoms with Gasteiger partial charge in [-0.3, -0.25) is 0 Å². The smallest absolute Gasteiger partial charge is 0.253 e. The molecule has 9 heteroatoms. The van der Waals surface area contributed by atoms with Crippen LogP contribution in [0.25, 0.3) is 0 Å². The molecule has 0 saturated carbocycles. The summed E-state index contributed by atoms with van der Waals surface area (Å²) >= 11 is 1.28. The molecule has 170 valence electrons. The maximum atomic E-state index is 13.5. The Morgan fingerprint density at radius 3 is 2.45 bits per heavy atom. The third-order valence-electron chi connectivity index (χ3n) is 5.64. The summed E-state index contributed by atoms with van der Waals surface area (Å²) in [5, 5.41) is 12.6. The second kappa shape index (κ2) is 9.75. The molecule has 1 saturated heterocycles. The van der Waals surface area contributed by atoms with Crippen molar-refractivity contribution in [3.63, 3.8) is 0 Å². The predicted octanol–water partition coefficient (Wildman–Crippen LogP) is 4.36. The zero-order chi connectivity index (χ0) is 23.4. The van der Waals surface area contributed by atoms with Gasteiger partial charge >= 0.3 is 0 Å². The van der Waals surface area contributed by atoms with Crippen molar-refractivity contribution in [2.24, 2.45) is 4.99 Å². The summed E-state index contributed by atoms with van der Waals surface area (Å²) in [6.07, 6.45) is 1.88. The third-order valence-corrected chi connectivity index (χ3v) is 9.02. The first kappa shape index (κ1) is 23.0. The van der Waals surface area contributed by atoms with Gasteiger partial charge < -0.3 is 10.2 Å². The minimum Gasteiger partial charge on any atom is -0.339 e. The van der Waals surface area contributed by atoms with Gasteiger partial charge in [-0.15, -0.1) is 16.3 Å². The van der Waals surface area contributed by atoms with Crippen molar-refractivity contribution in [1.29, 1.82) is 5.26 Å². The quantitative estimate of drug-likeness (QED) is 0.341. The van der Waals surface area contributed by atoms with E-state index < -0.39 is 16.1 Å². The van der Waals surface area contributed by atoms with Crippen molar-refractivity contribution in [1.82, 2.24) is 9.21 Å². The van der Waals surface area contributed by atoms with Crippen LogP contribution in [0.5, 0.6) is 0 Å². The van der Waals surface area contributed by atoms with E-state index in [1.54, 1.807) is 10.4 Å². The molecule has 1 aliphatic rings. The monoisotopic (exact) mass is 479 g/mol. The number of thiophene rings is 1. The van der Waals surface area contributed by atoms with E-state index in [1.807, 2.05) is 85.6 Å². The fourth-order valence-corrected chi connectivity index (χ4v) is 6.93. The van der Waals surface area contributed by atoms with E-state index in [0.29, 0.717) is 23.3 Å². The number of nitriles is 1. The molecule has 0 spiro atoms. The lowest BCUT2D eigenvalue weighted by atomic mass is 10.0. The zero-order valence-corrected chi connectivity index (χ0v) is 20.1. The lowest BCUT2D eigenvalue weighted by molar-refractivity contribution is 0.195. The van der Waals surface area contributed by atoms with Crippen LogP contribution in [-0.2, 0) is 10.0 Å². The highest BCUT2D eigenvalue weighted by Crippen LogP contribution is 2.34. The Morgan fingerprint density at radius 1 is 1.06 bits per heavy atom. The fraction of sp³-hybridized carbons (Fsp3) is 0.250. The Balaban J connectivity index is 1.67. The highest BCUT2D eigenvalue weighted by Gasteiger charge is 2.38. The summed E-state index contributed by atoms with van der Waals surface area (Å²) in [5.74, 6) is 0.414. The van der Waals surface area contributed by atoms with Crippen LogP contribution in [0.1, 0.15) is 22.0 Å². The van der Waals surface area contributed by atoms with Gasteiger partial charge in [-0.25, -0.2) is 8.42 Å². The van der Waals surface area contributed by atoms with Crippen LogP contribution < -0.4 is 5.32 Å². The number of aryl methyl sites for hydroxylation is 2. The number of hydrogen-bond donors (Lipinski definition) is 1. The zero-order valence-electron chi connectivity index (χ0n) is 18.5. The Bertz CT molecular complexity index is 1300. The molecular weight excluding hydrogens is 454 g/mol. The highest BCUT2D eigenvalue weighted by molar-refractivity contribution is 7.91. The van der Waals surface area contributed by atoms with Crippen molar-refractivity contribution in [2.75, 3.05) is 25.0 Å². The molecule has 33 heavy (non-hydrogen) atoms. The Kier molecular flexibility index (Phi) is 6.79. The number of aliphatic imine (C=N–C) groups is 1. The molecule has 0 bridgehead atoms. The molecule has 0 amide bonds. The number of nitrogens with one attached hydrogen (secondary N) is 1. The lowest BCUT2D eigenvalue weighted by Gasteiger charge is -2.41. The largest absolute Gasteiger partial charge is 0.339 e. The summed E-state index contributed by atoms with van der Waals surface area (Å²) in [5.41, 5.74) is 2.77. The first-order valence-electron chi connectivity index (χ1n) is 10.6. The van der Waals surface area contributed by atoms with Crippen molar-refractivity contribution in [2.45, 2.75) is 24.1 Å². The van der Waals surface area contributed by atoms with Crippen molar-refractivity contribution in [3.8, 4) is 6.19 Å². The molecule has 1 N–H and O–H groups in total. The summed E-state index contributed by atoms with van der Waals surface area (Å²) in [6, 6.07) is 20.4. The second-order valence-corrected chi connectivity index (χ2v) is 11.2. The summed E-state index contributed by atoms with van der Waals surface area (Å²) in [6.45, 7) is 4.93. The molecular formula is C24H25N5O2S2. The average Bonchev–Trinajstić information content (AvgIpc) is 3.27. The van der Waals surface area contributed by atoms with Crippen molar-refractivity contribution < 1.29 is 8.42 Å². The number of guanidine groups is 1. The minimum absolute atomic E-state index is 0.277. The number of hydrogen-bond acceptors (Lipinski definition) is 5. The Hall–Kier alpha value is -3.19. The van der Waals surface area contributed by atoms with Crippen LogP contribution >= 0.6 is 11.3 Å². The van der Waals surface area contributed by atoms with Gasteiger partial charge in [-0.1, -0.05) is 48.5 Å². The van der Waals surface area contributed by atoms with E-state index in [9.17, 15) is 13.7 Å². The molecule has 0 aliphatic carbocycles. The number of para-hydroxylation sites is 1. The van der Waals surface area contributed by atoms with Gasteiger partial charge in [0.05, 0.1) is 6.04 Å². The van der Waals surface area contributed by atoms with Crippen LogP contribution in [0.4, 0.5) is 5.69 Å². The number of anilines is 1. The maximum absolute atomic E-state index is 13.5. The van der Waals surface area contributed by atoms with E-state index in [2.05, 4.69) is 10.3 Å². The fourth-order valence-electron chi connectivity index (χ4n) is 3.92. The van der Waals surface area contributed by atoms with Gasteiger partial charge in [0, 0.05) is 30.2 Å².